The third-order valence-electron chi connectivity index (χ3n) is 2.16. The topological polar surface area (TPSA) is 24.9 Å². The van der Waals surface area contributed by atoms with Gasteiger partial charge in [-0.2, -0.15) is 0 Å². The highest BCUT2D eigenvalue weighted by atomic mass is 35.5. The predicted octanol–water partition coefficient (Wildman–Crippen LogP) is 4.16. The Balaban J connectivity index is 2.16. The predicted molar refractivity (Wildman–Crippen MR) is 68.0 cm³/mol. The van der Waals surface area contributed by atoms with Crippen LogP contribution in [-0.2, 0) is 0 Å². The Morgan fingerprint density at radius 1 is 1.47 bits per heavy atom. The van der Waals surface area contributed by atoms with Gasteiger partial charge in [0, 0.05) is 11.6 Å². The number of hydrogen-bond donors (Lipinski definition) is 1. The summed E-state index contributed by atoms with van der Waals surface area (Å²) in [5, 5.41) is 5.05. The molecule has 1 aromatic carbocycles. The summed E-state index contributed by atoms with van der Waals surface area (Å²) in [5.74, 6) is 0. The Labute approximate surface area is 98.3 Å². The van der Waals surface area contributed by atoms with Gasteiger partial charge >= 0.3 is 0 Å². The number of unbranched alkanes of at least 4 members (excludes halogenated alkanes) is 1. The Hall–Kier alpha value is -0.800. The Morgan fingerprint density at radius 2 is 2.33 bits per heavy atom. The van der Waals surface area contributed by atoms with Gasteiger partial charge in [-0.25, -0.2) is 4.98 Å². The molecule has 0 spiro atoms. The van der Waals surface area contributed by atoms with Crippen LogP contribution >= 0.6 is 22.9 Å². The van der Waals surface area contributed by atoms with Gasteiger partial charge in [0.05, 0.1) is 10.2 Å². The van der Waals surface area contributed by atoms with Crippen LogP contribution in [0.1, 0.15) is 19.8 Å². The lowest BCUT2D eigenvalue weighted by atomic mass is 10.3. The summed E-state index contributed by atoms with van der Waals surface area (Å²) in [7, 11) is 0. The normalized spacial score (nSPS) is 10.8. The number of halogens is 1. The second kappa shape index (κ2) is 4.81. The van der Waals surface area contributed by atoms with E-state index in [4.69, 9.17) is 11.6 Å². The number of thiazole rings is 1. The number of fused-ring (bicyclic) bond motifs is 1. The van der Waals surface area contributed by atoms with Crippen molar-refractivity contribution >= 4 is 38.3 Å². The van der Waals surface area contributed by atoms with E-state index in [1.54, 1.807) is 11.3 Å². The number of hydrogen-bond acceptors (Lipinski definition) is 3. The fourth-order valence-corrected chi connectivity index (χ4v) is 2.39. The van der Waals surface area contributed by atoms with E-state index in [0.29, 0.717) is 0 Å². The quantitative estimate of drug-likeness (QED) is 0.812. The largest absolute Gasteiger partial charge is 0.361 e. The van der Waals surface area contributed by atoms with Crippen molar-refractivity contribution in [3.05, 3.63) is 23.2 Å². The lowest BCUT2D eigenvalue weighted by Gasteiger charge is -1.98. The molecule has 80 valence electrons. The lowest BCUT2D eigenvalue weighted by molar-refractivity contribution is 0.834. The molecule has 0 bridgehead atoms. The van der Waals surface area contributed by atoms with Crippen molar-refractivity contribution in [1.29, 1.82) is 0 Å². The molecule has 0 unspecified atom stereocenters. The summed E-state index contributed by atoms with van der Waals surface area (Å²) in [5.41, 5.74) is 0.978. The van der Waals surface area contributed by atoms with Crippen LogP contribution < -0.4 is 5.32 Å². The molecule has 0 aliphatic carbocycles. The molecule has 15 heavy (non-hydrogen) atoms. The Kier molecular flexibility index (Phi) is 3.44. The van der Waals surface area contributed by atoms with Crippen molar-refractivity contribution in [2.45, 2.75) is 19.8 Å². The maximum Gasteiger partial charge on any atom is 0.183 e. The molecule has 2 rings (SSSR count). The van der Waals surface area contributed by atoms with E-state index in [1.165, 1.54) is 17.5 Å². The van der Waals surface area contributed by atoms with Crippen LogP contribution in [0.4, 0.5) is 5.13 Å². The van der Waals surface area contributed by atoms with Crippen LogP contribution in [-0.4, -0.2) is 11.5 Å². The third-order valence-corrected chi connectivity index (χ3v) is 3.39. The van der Waals surface area contributed by atoms with Crippen LogP contribution in [0.5, 0.6) is 0 Å². The SMILES string of the molecule is CCCCNc1nc2cc(Cl)ccc2s1. The molecule has 1 N–H and O–H groups in total. The maximum atomic E-state index is 5.90. The molecule has 0 aliphatic heterocycles. The van der Waals surface area contributed by atoms with Gasteiger partial charge in [-0.1, -0.05) is 36.3 Å². The first-order chi connectivity index (χ1) is 7.29. The number of nitrogens with zero attached hydrogens (tertiary/aromatic N) is 1. The highest BCUT2D eigenvalue weighted by Crippen LogP contribution is 2.27. The number of nitrogens with one attached hydrogen (secondary N) is 1. The molecule has 1 heterocycles. The van der Waals surface area contributed by atoms with Crippen molar-refractivity contribution in [2.75, 3.05) is 11.9 Å². The summed E-state index contributed by atoms with van der Waals surface area (Å²) in [4.78, 5) is 4.47. The number of benzene rings is 1. The van der Waals surface area contributed by atoms with Crippen molar-refractivity contribution < 1.29 is 0 Å². The van der Waals surface area contributed by atoms with Crippen LogP contribution in [0.15, 0.2) is 18.2 Å². The molecule has 0 saturated carbocycles. The summed E-state index contributed by atoms with van der Waals surface area (Å²) >= 11 is 7.57. The van der Waals surface area contributed by atoms with Gasteiger partial charge in [-0.15, -0.1) is 0 Å². The van der Waals surface area contributed by atoms with Crippen LogP contribution in [0.3, 0.4) is 0 Å². The van der Waals surface area contributed by atoms with E-state index >= 15 is 0 Å². The highest BCUT2D eigenvalue weighted by molar-refractivity contribution is 7.22. The van der Waals surface area contributed by atoms with E-state index < -0.39 is 0 Å². The van der Waals surface area contributed by atoms with Gasteiger partial charge in [0.15, 0.2) is 5.13 Å². The van der Waals surface area contributed by atoms with Crippen molar-refractivity contribution in [3.63, 3.8) is 0 Å². The van der Waals surface area contributed by atoms with Gasteiger partial charge in [0.2, 0.25) is 0 Å². The monoisotopic (exact) mass is 240 g/mol. The molecule has 0 atom stereocenters. The van der Waals surface area contributed by atoms with Crippen LogP contribution in [0.2, 0.25) is 5.02 Å². The van der Waals surface area contributed by atoms with Crippen molar-refractivity contribution in [3.8, 4) is 0 Å². The summed E-state index contributed by atoms with van der Waals surface area (Å²) in [6.45, 7) is 3.17. The molecular formula is C11H13ClN2S. The lowest BCUT2D eigenvalue weighted by Crippen LogP contribution is -1.99. The van der Waals surface area contributed by atoms with Crippen molar-refractivity contribution in [2.24, 2.45) is 0 Å². The average molecular weight is 241 g/mol. The molecule has 2 nitrogen and oxygen atoms in total. The number of anilines is 1. The van der Waals surface area contributed by atoms with Gasteiger partial charge in [0.25, 0.3) is 0 Å². The number of aromatic nitrogens is 1. The standard InChI is InChI=1S/C11H13ClN2S/c1-2-3-6-13-11-14-9-7-8(12)4-5-10(9)15-11/h4-5,7H,2-3,6H2,1H3,(H,13,14). The second-order valence-electron chi connectivity index (χ2n) is 3.41. The molecule has 0 fully saturated rings. The first-order valence-electron chi connectivity index (χ1n) is 5.09. The molecule has 0 radical (unpaired) electrons. The summed E-state index contributed by atoms with van der Waals surface area (Å²) in [6, 6.07) is 5.82. The fourth-order valence-electron chi connectivity index (χ4n) is 1.35. The van der Waals surface area contributed by atoms with Gasteiger partial charge < -0.3 is 5.32 Å². The average Bonchev–Trinajstić information content (AvgIpc) is 2.60. The minimum Gasteiger partial charge on any atom is -0.361 e. The molecule has 0 aliphatic rings. The smallest absolute Gasteiger partial charge is 0.183 e. The molecule has 0 saturated heterocycles. The number of rotatable bonds is 4. The maximum absolute atomic E-state index is 5.90. The molecule has 1 aromatic heterocycles. The van der Waals surface area contributed by atoms with E-state index in [-0.39, 0.29) is 0 Å². The van der Waals surface area contributed by atoms with Gasteiger partial charge in [-0.3, -0.25) is 0 Å². The Bertz CT molecular complexity index is 453. The van der Waals surface area contributed by atoms with E-state index in [0.717, 1.165) is 22.2 Å². The minimum atomic E-state index is 0.743. The second-order valence-corrected chi connectivity index (χ2v) is 4.88. The third kappa shape index (κ3) is 2.61. The molecule has 4 heteroatoms. The molecule has 0 amide bonds. The Morgan fingerprint density at radius 3 is 3.13 bits per heavy atom. The summed E-state index contributed by atoms with van der Waals surface area (Å²) < 4.78 is 1.18. The van der Waals surface area contributed by atoms with Crippen LogP contribution in [0.25, 0.3) is 10.2 Å². The van der Waals surface area contributed by atoms with E-state index in [2.05, 4.69) is 17.2 Å². The van der Waals surface area contributed by atoms with E-state index in [9.17, 15) is 0 Å². The van der Waals surface area contributed by atoms with E-state index in [1.807, 2.05) is 18.2 Å². The zero-order valence-electron chi connectivity index (χ0n) is 8.59. The van der Waals surface area contributed by atoms with Gasteiger partial charge in [-0.05, 0) is 24.6 Å². The first kappa shape index (κ1) is 10.7. The first-order valence-corrected chi connectivity index (χ1v) is 6.29. The highest BCUT2D eigenvalue weighted by Gasteiger charge is 2.02. The zero-order valence-corrected chi connectivity index (χ0v) is 10.2. The van der Waals surface area contributed by atoms with Crippen molar-refractivity contribution in [1.82, 2.24) is 4.98 Å². The fraction of sp³-hybridized carbons (Fsp3) is 0.364. The summed E-state index contributed by atoms with van der Waals surface area (Å²) in [6.07, 6.45) is 2.38. The minimum absolute atomic E-state index is 0.743. The zero-order chi connectivity index (χ0) is 10.7. The van der Waals surface area contributed by atoms with Crippen LogP contribution in [0, 0.1) is 0 Å². The molecule has 2 aromatic rings. The molecular weight excluding hydrogens is 228 g/mol. The van der Waals surface area contributed by atoms with Gasteiger partial charge in [0.1, 0.15) is 0 Å².